The lowest BCUT2D eigenvalue weighted by molar-refractivity contribution is 0.00204. The van der Waals surface area contributed by atoms with Crippen LogP contribution in [0.1, 0.15) is 71.6 Å². The third kappa shape index (κ3) is 3.49. The molecule has 2 rings (SSSR count). The summed E-state index contributed by atoms with van der Waals surface area (Å²) in [5, 5.41) is 10.7. The lowest BCUT2D eigenvalue weighted by atomic mass is 9.85. The van der Waals surface area contributed by atoms with Gasteiger partial charge in [0.25, 0.3) is 0 Å². The van der Waals surface area contributed by atoms with Crippen molar-refractivity contribution < 1.29 is 9.84 Å². The molecule has 1 aliphatic heterocycles. The Morgan fingerprint density at radius 3 is 2.05 bits per heavy atom. The highest BCUT2D eigenvalue weighted by molar-refractivity contribution is 5.50. The maximum Gasteiger partial charge on any atom is 0.0796 e. The molecule has 1 aliphatic rings. The Morgan fingerprint density at radius 1 is 0.952 bits per heavy atom. The molecule has 0 spiro atoms. The molecule has 118 valence electrons. The molecule has 2 atom stereocenters. The van der Waals surface area contributed by atoms with E-state index >= 15 is 0 Å². The zero-order valence-electron chi connectivity index (χ0n) is 14.3. The largest absolute Gasteiger partial charge is 0.388 e. The quantitative estimate of drug-likeness (QED) is 0.877. The number of benzene rings is 1. The molecule has 0 aliphatic carbocycles. The lowest BCUT2D eigenvalue weighted by Crippen LogP contribution is -2.20. The van der Waals surface area contributed by atoms with E-state index in [-0.39, 0.29) is 6.10 Å². The molecule has 1 saturated heterocycles. The molecular formula is C19H30O2. The summed E-state index contributed by atoms with van der Waals surface area (Å²) in [6, 6.07) is 0. The van der Waals surface area contributed by atoms with Gasteiger partial charge in [-0.05, 0) is 100 Å². The standard InChI is InChI=1S/C19H30O2/c1-12-13(2)15(4)19(16(5)14(12)3)18(20)10-9-17-8-6-7-11-21-17/h17-18,20H,6-11H2,1-5H3. The second-order valence-corrected chi connectivity index (χ2v) is 6.62. The van der Waals surface area contributed by atoms with Crippen LogP contribution in [0.3, 0.4) is 0 Å². The van der Waals surface area contributed by atoms with Crippen molar-refractivity contribution in [2.24, 2.45) is 0 Å². The molecule has 1 fully saturated rings. The van der Waals surface area contributed by atoms with Gasteiger partial charge in [0.05, 0.1) is 12.2 Å². The van der Waals surface area contributed by atoms with Crippen LogP contribution in [0.25, 0.3) is 0 Å². The Morgan fingerprint density at radius 2 is 1.52 bits per heavy atom. The minimum Gasteiger partial charge on any atom is -0.388 e. The van der Waals surface area contributed by atoms with Gasteiger partial charge in [0.15, 0.2) is 0 Å². The van der Waals surface area contributed by atoms with E-state index in [2.05, 4.69) is 34.6 Å². The van der Waals surface area contributed by atoms with E-state index < -0.39 is 0 Å². The first-order chi connectivity index (χ1) is 9.93. The molecule has 1 N–H and O–H groups in total. The van der Waals surface area contributed by atoms with E-state index in [1.165, 1.54) is 40.7 Å². The molecule has 2 unspecified atom stereocenters. The molecule has 2 heteroatoms. The molecular weight excluding hydrogens is 260 g/mol. The summed E-state index contributed by atoms with van der Waals surface area (Å²) in [5.74, 6) is 0. The monoisotopic (exact) mass is 290 g/mol. The van der Waals surface area contributed by atoms with Gasteiger partial charge in [0.1, 0.15) is 0 Å². The van der Waals surface area contributed by atoms with Crippen LogP contribution in [-0.4, -0.2) is 17.8 Å². The fourth-order valence-corrected chi connectivity index (χ4v) is 3.55. The number of hydrogen-bond acceptors (Lipinski definition) is 2. The van der Waals surface area contributed by atoms with E-state index in [1.807, 2.05) is 0 Å². The summed E-state index contributed by atoms with van der Waals surface area (Å²) >= 11 is 0. The first-order valence-corrected chi connectivity index (χ1v) is 8.30. The number of aliphatic hydroxyl groups is 1. The zero-order chi connectivity index (χ0) is 15.6. The second kappa shape index (κ2) is 6.93. The minimum atomic E-state index is -0.367. The molecule has 2 nitrogen and oxygen atoms in total. The van der Waals surface area contributed by atoms with Crippen molar-refractivity contribution in [1.29, 1.82) is 0 Å². The van der Waals surface area contributed by atoms with Gasteiger partial charge in [-0.3, -0.25) is 0 Å². The summed E-state index contributed by atoms with van der Waals surface area (Å²) in [7, 11) is 0. The summed E-state index contributed by atoms with van der Waals surface area (Å²) in [6.07, 6.45) is 5.35. The zero-order valence-corrected chi connectivity index (χ0v) is 14.3. The fourth-order valence-electron chi connectivity index (χ4n) is 3.55. The minimum absolute atomic E-state index is 0.349. The van der Waals surface area contributed by atoms with E-state index in [1.54, 1.807) is 0 Å². The number of ether oxygens (including phenoxy) is 1. The molecule has 1 aromatic carbocycles. The molecule has 1 heterocycles. The molecule has 21 heavy (non-hydrogen) atoms. The van der Waals surface area contributed by atoms with Crippen molar-refractivity contribution in [3.05, 3.63) is 33.4 Å². The molecule has 0 bridgehead atoms. The normalized spacial score (nSPS) is 20.6. The van der Waals surface area contributed by atoms with Crippen molar-refractivity contribution in [2.75, 3.05) is 6.61 Å². The third-order valence-corrected chi connectivity index (χ3v) is 5.43. The molecule has 0 saturated carbocycles. The Bertz CT molecular complexity index is 470. The Labute approximate surface area is 129 Å². The van der Waals surface area contributed by atoms with Crippen molar-refractivity contribution in [3.8, 4) is 0 Å². The molecule has 0 amide bonds. The number of aliphatic hydroxyl groups excluding tert-OH is 1. The maximum atomic E-state index is 10.7. The highest BCUT2D eigenvalue weighted by atomic mass is 16.5. The number of hydrogen-bond donors (Lipinski definition) is 1. The summed E-state index contributed by atoms with van der Waals surface area (Å²) in [4.78, 5) is 0. The second-order valence-electron chi connectivity index (χ2n) is 6.62. The maximum absolute atomic E-state index is 10.7. The average Bonchev–Trinajstić information content (AvgIpc) is 2.50. The highest BCUT2D eigenvalue weighted by Gasteiger charge is 2.21. The third-order valence-electron chi connectivity index (χ3n) is 5.43. The van der Waals surface area contributed by atoms with Crippen molar-refractivity contribution in [2.45, 2.75) is 78.9 Å². The van der Waals surface area contributed by atoms with E-state index in [0.717, 1.165) is 31.4 Å². The van der Waals surface area contributed by atoms with Gasteiger partial charge in [-0.2, -0.15) is 0 Å². The highest BCUT2D eigenvalue weighted by Crippen LogP contribution is 2.33. The molecule has 0 radical (unpaired) electrons. The Balaban J connectivity index is 2.13. The number of rotatable bonds is 4. The fraction of sp³-hybridized carbons (Fsp3) is 0.684. The Kier molecular flexibility index (Phi) is 5.45. The van der Waals surface area contributed by atoms with Gasteiger partial charge in [-0.15, -0.1) is 0 Å². The van der Waals surface area contributed by atoms with Crippen LogP contribution in [0.4, 0.5) is 0 Å². The van der Waals surface area contributed by atoms with Crippen molar-refractivity contribution in [3.63, 3.8) is 0 Å². The first kappa shape index (κ1) is 16.5. The van der Waals surface area contributed by atoms with Gasteiger partial charge >= 0.3 is 0 Å². The summed E-state index contributed by atoms with van der Waals surface area (Å²) in [5.41, 5.74) is 7.66. The van der Waals surface area contributed by atoms with Gasteiger partial charge < -0.3 is 9.84 Å². The van der Waals surface area contributed by atoms with Crippen molar-refractivity contribution in [1.82, 2.24) is 0 Å². The molecule has 0 aromatic heterocycles. The SMILES string of the molecule is Cc1c(C)c(C)c(C(O)CCC2CCCCO2)c(C)c1C. The predicted molar refractivity (Wildman–Crippen MR) is 87.9 cm³/mol. The van der Waals surface area contributed by atoms with Crippen LogP contribution in [0.2, 0.25) is 0 Å². The summed E-state index contributed by atoms with van der Waals surface area (Å²) < 4.78 is 5.78. The van der Waals surface area contributed by atoms with Crippen molar-refractivity contribution >= 4 is 0 Å². The van der Waals surface area contributed by atoms with Gasteiger partial charge in [-0.1, -0.05) is 0 Å². The first-order valence-electron chi connectivity index (χ1n) is 8.30. The van der Waals surface area contributed by atoms with Gasteiger partial charge in [-0.25, -0.2) is 0 Å². The topological polar surface area (TPSA) is 29.5 Å². The lowest BCUT2D eigenvalue weighted by Gasteiger charge is -2.26. The van der Waals surface area contributed by atoms with Crippen LogP contribution in [0, 0.1) is 34.6 Å². The summed E-state index contributed by atoms with van der Waals surface area (Å²) in [6.45, 7) is 11.7. The average molecular weight is 290 g/mol. The van der Waals surface area contributed by atoms with Gasteiger partial charge in [0.2, 0.25) is 0 Å². The predicted octanol–water partition coefficient (Wildman–Crippen LogP) is 4.61. The van der Waals surface area contributed by atoms with Crippen LogP contribution < -0.4 is 0 Å². The van der Waals surface area contributed by atoms with Gasteiger partial charge in [0, 0.05) is 6.61 Å². The van der Waals surface area contributed by atoms with E-state index in [0.29, 0.717) is 6.10 Å². The molecule has 1 aromatic rings. The van der Waals surface area contributed by atoms with E-state index in [9.17, 15) is 5.11 Å². The smallest absolute Gasteiger partial charge is 0.0796 e. The van der Waals surface area contributed by atoms with Crippen LogP contribution in [0.5, 0.6) is 0 Å². The van der Waals surface area contributed by atoms with Crippen LogP contribution >= 0.6 is 0 Å². The van der Waals surface area contributed by atoms with Crippen LogP contribution in [-0.2, 0) is 4.74 Å². The van der Waals surface area contributed by atoms with Crippen LogP contribution in [0.15, 0.2) is 0 Å². The Hall–Kier alpha value is -0.860. The van der Waals surface area contributed by atoms with E-state index in [4.69, 9.17) is 4.74 Å².